The smallest absolute Gasteiger partial charge is 0.0524 e. The normalized spacial score (nSPS) is 13.9. The molecule has 0 heterocycles. The molecule has 0 fully saturated rings. The summed E-state index contributed by atoms with van der Waals surface area (Å²) in [5, 5.41) is 7.11. The van der Waals surface area contributed by atoms with Crippen LogP contribution in [0.25, 0.3) is 0 Å². The van der Waals surface area contributed by atoms with E-state index in [1.807, 2.05) is 6.92 Å². The zero-order valence-corrected chi connectivity index (χ0v) is 7.76. The summed E-state index contributed by atoms with van der Waals surface area (Å²) < 4.78 is 0. The van der Waals surface area contributed by atoms with Crippen molar-refractivity contribution in [3.8, 4) is 0 Å². The monoisotopic (exact) mass is 152 g/mol. The number of hydrogen-bond acceptors (Lipinski definition) is 2. The second kappa shape index (κ2) is 4.83. The fourth-order valence-corrected chi connectivity index (χ4v) is 0.685. The zero-order chi connectivity index (χ0) is 8.85. The Morgan fingerprint density at radius 2 is 1.91 bits per heavy atom. The fraction of sp³-hybridized carbons (Fsp3) is 0.556. The highest BCUT2D eigenvalue weighted by atomic mass is 15.2. The molecule has 0 aromatic rings. The van der Waals surface area contributed by atoms with Crippen LogP contribution in [0.1, 0.15) is 27.7 Å². The molecular weight excluding hydrogens is 136 g/mol. The number of nitrogens with zero attached hydrogens (tertiary/aromatic N) is 2. The quantitative estimate of drug-likeness (QED) is 0.439. The van der Waals surface area contributed by atoms with Gasteiger partial charge in [0.2, 0.25) is 0 Å². The second-order valence-corrected chi connectivity index (χ2v) is 2.91. The van der Waals surface area contributed by atoms with Gasteiger partial charge in [0.1, 0.15) is 0 Å². The molecule has 0 rings (SSSR count). The van der Waals surface area contributed by atoms with Gasteiger partial charge < -0.3 is 0 Å². The first-order valence-corrected chi connectivity index (χ1v) is 3.76. The summed E-state index contributed by atoms with van der Waals surface area (Å²) >= 11 is 0. The van der Waals surface area contributed by atoms with Gasteiger partial charge in [0.15, 0.2) is 0 Å². The molecule has 0 radical (unpaired) electrons. The van der Waals surface area contributed by atoms with Crippen LogP contribution in [0.2, 0.25) is 0 Å². The molecule has 0 spiro atoms. The molecule has 0 aromatic heterocycles. The summed E-state index contributed by atoms with van der Waals surface area (Å²) in [6.07, 6.45) is 1.74. The first-order chi connectivity index (χ1) is 5.09. The molecule has 2 nitrogen and oxygen atoms in total. The van der Waals surface area contributed by atoms with Crippen LogP contribution in [0.15, 0.2) is 21.3 Å². The lowest BCUT2D eigenvalue weighted by molar-refractivity contribution is 0.763. The summed E-state index contributed by atoms with van der Waals surface area (Å²) in [6.45, 7) is 11.7. The number of rotatable bonds is 3. The topological polar surface area (TPSA) is 24.7 Å². The summed E-state index contributed by atoms with van der Waals surface area (Å²) in [7, 11) is 0. The van der Waals surface area contributed by atoms with Gasteiger partial charge in [0.25, 0.3) is 0 Å². The van der Waals surface area contributed by atoms with Gasteiger partial charge in [0, 0.05) is 6.72 Å². The molecule has 0 saturated heterocycles. The van der Waals surface area contributed by atoms with Crippen LogP contribution in [0, 0.1) is 5.92 Å². The lowest BCUT2D eigenvalue weighted by Gasteiger charge is -2.06. The maximum Gasteiger partial charge on any atom is 0.0524 e. The van der Waals surface area contributed by atoms with Crippen LogP contribution >= 0.6 is 0 Å². The van der Waals surface area contributed by atoms with Crippen LogP contribution in [0.3, 0.4) is 0 Å². The van der Waals surface area contributed by atoms with Crippen LogP contribution in [0.5, 0.6) is 0 Å². The Hall–Kier alpha value is -0.920. The predicted octanol–water partition coefficient (Wildman–Crippen LogP) is 2.67. The number of allylic oxidation sites excluding steroid dienone is 2. The Balaban J connectivity index is 4.39. The molecule has 0 aliphatic rings. The minimum Gasteiger partial charge on any atom is -0.167 e. The maximum atomic E-state index is 3.71. The highest BCUT2D eigenvalue weighted by Gasteiger charge is 1.98. The summed E-state index contributed by atoms with van der Waals surface area (Å²) in [5.41, 5.74) is 2.52. The third kappa shape index (κ3) is 3.71. The first-order valence-electron chi connectivity index (χ1n) is 3.76. The Kier molecular flexibility index (Phi) is 4.42. The number of hydrogen-bond donors (Lipinski definition) is 0. The molecule has 0 atom stereocenters. The van der Waals surface area contributed by atoms with Gasteiger partial charge >= 0.3 is 0 Å². The standard InChI is InChI=1S/C9H16N2/c1-7(2)9(4)8(3)6-11-10-5/h6-7H,5H2,1-4H3/b9-8+,11-6-. The van der Waals surface area contributed by atoms with E-state index in [9.17, 15) is 0 Å². The molecule has 0 aromatic carbocycles. The van der Waals surface area contributed by atoms with E-state index in [0.717, 1.165) is 0 Å². The minimum atomic E-state index is 0.575. The summed E-state index contributed by atoms with van der Waals surface area (Å²) in [4.78, 5) is 0. The highest BCUT2D eigenvalue weighted by molar-refractivity contribution is 5.78. The van der Waals surface area contributed by atoms with E-state index in [-0.39, 0.29) is 0 Å². The molecule has 0 bridgehead atoms. The maximum absolute atomic E-state index is 3.71. The molecule has 0 saturated carbocycles. The van der Waals surface area contributed by atoms with E-state index >= 15 is 0 Å². The molecule has 62 valence electrons. The van der Waals surface area contributed by atoms with Gasteiger partial charge in [-0.15, -0.1) is 0 Å². The molecule has 11 heavy (non-hydrogen) atoms. The van der Waals surface area contributed by atoms with Crippen molar-refractivity contribution in [1.82, 2.24) is 0 Å². The van der Waals surface area contributed by atoms with Crippen LogP contribution in [-0.2, 0) is 0 Å². The van der Waals surface area contributed by atoms with Gasteiger partial charge in [-0.2, -0.15) is 10.2 Å². The van der Waals surface area contributed by atoms with Crippen molar-refractivity contribution in [2.45, 2.75) is 27.7 Å². The van der Waals surface area contributed by atoms with Gasteiger partial charge in [-0.25, -0.2) is 0 Å². The van der Waals surface area contributed by atoms with E-state index in [1.165, 1.54) is 11.1 Å². The van der Waals surface area contributed by atoms with Crippen molar-refractivity contribution in [2.24, 2.45) is 16.1 Å². The Labute approximate surface area is 68.7 Å². The Bertz CT molecular complexity index is 188. The zero-order valence-electron chi connectivity index (χ0n) is 7.76. The van der Waals surface area contributed by atoms with Crippen LogP contribution in [0.4, 0.5) is 0 Å². The molecule has 0 N–H and O–H groups in total. The Morgan fingerprint density at radius 3 is 2.27 bits per heavy atom. The van der Waals surface area contributed by atoms with Crippen LogP contribution < -0.4 is 0 Å². The highest BCUT2D eigenvalue weighted by Crippen LogP contribution is 2.11. The van der Waals surface area contributed by atoms with Crippen molar-refractivity contribution in [3.05, 3.63) is 11.1 Å². The molecule has 0 unspecified atom stereocenters. The van der Waals surface area contributed by atoms with Crippen molar-refractivity contribution < 1.29 is 0 Å². The average Bonchev–Trinajstić information content (AvgIpc) is 1.98. The first kappa shape index (κ1) is 10.1. The fourth-order valence-electron chi connectivity index (χ4n) is 0.685. The van der Waals surface area contributed by atoms with Gasteiger partial charge in [-0.1, -0.05) is 19.4 Å². The molecular formula is C9H16N2. The van der Waals surface area contributed by atoms with Gasteiger partial charge in [-0.05, 0) is 25.3 Å². The van der Waals surface area contributed by atoms with Crippen LogP contribution in [-0.4, -0.2) is 12.9 Å². The van der Waals surface area contributed by atoms with E-state index in [4.69, 9.17) is 0 Å². The molecule has 0 aliphatic heterocycles. The second-order valence-electron chi connectivity index (χ2n) is 2.91. The minimum absolute atomic E-state index is 0.575. The third-order valence-electron chi connectivity index (χ3n) is 1.82. The van der Waals surface area contributed by atoms with Gasteiger partial charge in [-0.3, -0.25) is 0 Å². The lowest BCUT2D eigenvalue weighted by Crippen LogP contribution is -1.93. The van der Waals surface area contributed by atoms with Crippen molar-refractivity contribution in [1.29, 1.82) is 0 Å². The largest absolute Gasteiger partial charge is 0.167 e. The van der Waals surface area contributed by atoms with E-state index in [2.05, 4.69) is 37.7 Å². The lowest BCUT2D eigenvalue weighted by atomic mass is 10.0. The van der Waals surface area contributed by atoms with E-state index < -0.39 is 0 Å². The Morgan fingerprint density at radius 1 is 1.36 bits per heavy atom. The van der Waals surface area contributed by atoms with E-state index in [1.54, 1.807) is 6.21 Å². The van der Waals surface area contributed by atoms with Crippen molar-refractivity contribution >= 4 is 12.9 Å². The molecule has 0 amide bonds. The van der Waals surface area contributed by atoms with E-state index in [0.29, 0.717) is 5.92 Å². The van der Waals surface area contributed by atoms with Crippen molar-refractivity contribution in [2.75, 3.05) is 0 Å². The summed E-state index contributed by atoms with van der Waals surface area (Å²) in [5.74, 6) is 0.575. The molecule has 0 aliphatic carbocycles. The SMILES string of the molecule is C=N/N=C\C(C)=C(/C)C(C)C. The average molecular weight is 152 g/mol. The van der Waals surface area contributed by atoms with Gasteiger partial charge in [0.05, 0.1) is 6.21 Å². The van der Waals surface area contributed by atoms with Crippen molar-refractivity contribution in [3.63, 3.8) is 0 Å². The summed E-state index contributed by atoms with van der Waals surface area (Å²) in [6, 6.07) is 0. The third-order valence-corrected chi connectivity index (χ3v) is 1.82. The predicted molar refractivity (Wildman–Crippen MR) is 51.3 cm³/mol. The molecule has 2 heteroatoms.